The number of benzene rings is 1. The molecule has 1 atom stereocenters. The van der Waals surface area contributed by atoms with Crippen LogP contribution in [0.5, 0.6) is 0 Å². The van der Waals surface area contributed by atoms with Crippen molar-refractivity contribution in [2.45, 2.75) is 12.5 Å². The fourth-order valence-electron chi connectivity index (χ4n) is 1.72. The number of nitriles is 1. The first-order chi connectivity index (χ1) is 8.90. The second-order valence-electron chi connectivity index (χ2n) is 3.96. The van der Waals surface area contributed by atoms with E-state index < -0.39 is 0 Å². The molecule has 1 heterocycles. The topological polar surface area (TPSA) is 66.5 Å². The maximum Gasteiger partial charge on any atom is 0.0837 e. The van der Waals surface area contributed by atoms with Gasteiger partial charge in [-0.05, 0) is 5.56 Å². The van der Waals surface area contributed by atoms with E-state index in [4.69, 9.17) is 5.26 Å². The minimum absolute atomic E-state index is 0.109. The summed E-state index contributed by atoms with van der Waals surface area (Å²) in [5.41, 5.74) is 1.05. The molecule has 0 fully saturated rings. The van der Waals surface area contributed by atoms with Gasteiger partial charge in [-0.1, -0.05) is 35.5 Å². The molecule has 0 spiro atoms. The Labute approximate surface area is 106 Å². The Hall–Kier alpha value is -2.19. The van der Waals surface area contributed by atoms with Crippen molar-refractivity contribution in [3.8, 4) is 6.07 Å². The van der Waals surface area contributed by atoms with Crippen LogP contribution in [0.1, 0.15) is 11.5 Å². The molecule has 18 heavy (non-hydrogen) atoms. The average Bonchev–Trinajstić information content (AvgIpc) is 2.93. The molecule has 0 bridgehead atoms. The van der Waals surface area contributed by atoms with Crippen molar-refractivity contribution in [3.05, 3.63) is 48.3 Å². The first-order valence-electron chi connectivity index (χ1n) is 5.89. The smallest absolute Gasteiger partial charge is 0.0837 e. The fraction of sp³-hybridized carbons (Fsp3) is 0.308. The molecular formula is C13H15N5. The Kier molecular flexibility index (Phi) is 4.45. The molecule has 5 nitrogen and oxygen atoms in total. The minimum atomic E-state index is -0.109. The molecule has 0 saturated carbocycles. The monoisotopic (exact) mass is 241 g/mol. The van der Waals surface area contributed by atoms with Gasteiger partial charge in [0.25, 0.3) is 0 Å². The SMILES string of the molecule is N#CC(CNCCn1ccnn1)c1ccccc1. The predicted octanol–water partition coefficient (Wildman–Crippen LogP) is 1.18. The van der Waals surface area contributed by atoms with Crippen LogP contribution in [0, 0.1) is 11.3 Å². The predicted molar refractivity (Wildman–Crippen MR) is 67.7 cm³/mol. The maximum absolute atomic E-state index is 9.15. The summed E-state index contributed by atoms with van der Waals surface area (Å²) in [7, 11) is 0. The van der Waals surface area contributed by atoms with Gasteiger partial charge in [0.1, 0.15) is 0 Å². The van der Waals surface area contributed by atoms with Crippen LogP contribution in [-0.4, -0.2) is 28.1 Å². The number of nitrogens with one attached hydrogen (secondary N) is 1. The van der Waals surface area contributed by atoms with Crippen LogP contribution in [0.2, 0.25) is 0 Å². The van der Waals surface area contributed by atoms with Gasteiger partial charge in [0, 0.05) is 19.3 Å². The summed E-state index contributed by atoms with van der Waals surface area (Å²) in [4.78, 5) is 0. The third-order valence-corrected chi connectivity index (χ3v) is 2.70. The van der Waals surface area contributed by atoms with Crippen molar-refractivity contribution < 1.29 is 0 Å². The molecule has 1 aromatic heterocycles. The number of rotatable bonds is 6. The van der Waals surface area contributed by atoms with E-state index in [0.717, 1.165) is 18.7 Å². The van der Waals surface area contributed by atoms with Crippen molar-refractivity contribution in [3.63, 3.8) is 0 Å². The fourth-order valence-corrected chi connectivity index (χ4v) is 1.72. The van der Waals surface area contributed by atoms with Gasteiger partial charge in [-0.15, -0.1) is 5.10 Å². The van der Waals surface area contributed by atoms with Gasteiger partial charge in [-0.2, -0.15) is 5.26 Å². The second-order valence-corrected chi connectivity index (χ2v) is 3.96. The summed E-state index contributed by atoms with van der Waals surface area (Å²) in [5, 5.41) is 20.0. The lowest BCUT2D eigenvalue weighted by atomic mass is 10.0. The summed E-state index contributed by atoms with van der Waals surface area (Å²) in [6.07, 6.45) is 3.47. The highest BCUT2D eigenvalue weighted by Crippen LogP contribution is 2.12. The van der Waals surface area contributed by atoms with E-state index in [1.165, 1.54) is 0 Å². The Balaban J connectivity index is 1.77. The van der Waals surface area contributed by atoms with Crippen molar-refractivity contribution in [2.75, 3.05) is 13.1 Å². The van der Waals surface area contributed by atoms with E-state index in [1.807, 2.05) is 36.5 Å². The second kappa shape index (κ2) is 6.52. The quantitative estimate of drug-likeness (QED) is 0.771. The van der Waals surface area contributed by atoms with E-state index in [-0.39, 0.29) is 5.92 Å². The summed E-state index contributed by atoms with van der Waals surface area (Å²) in [6.45, 7) is 2.18. The minimum Gasteiger partial charge on any atom is -0.313 e. The zero-order valence-electron chi connectivity index (χ0n) is 10.0. The van der Waals surface area contributed by atoms with E-state index in [2.05, 4.69) is 21.7 Å². The van der Waals surface area contributed by atoms with Gasteiger partial charge in [-0.3, -0.25) is 4.68 Å². The highest BCUT2D eigenvalue weighted by Gasteiger charge is 2.08. The van der Waals surface area contributed by atoms with Crippen molar-refractivity contribution in [1.82, 2.24) is 20.3 Å². The number of nitrogens with zero attached hydrogens (tertiary/aromatic N) is 4. The number of hydrogen-bond donors (Lipinski definition) is 1. The summed E-state index contributed by atoms with van der Waals surface area (Å²) >= 11 is 0. The third-order valence-electron chi connectivity index (χ3n) is 2.70. The Morgan fingerprint density at radius 1 is 1.33 bits per heavy atom. The van der Waals surface area contributed by atoms with Gasteiger partial charge in [0.2, 0.25) is 0 Å². The van der Waals surface area contributed by atoms with E-state index in [9.17, 15) is 0 Å². The molecule has 2 aromatic rings. The van der Waals surface area contributed by atoms with Crippen molar-refractivity contribution >= 4 is 0 Å². The molecule has 0 amide bonds. The lowest BCUT2D eigenvalue weighted by Crippen LogP contribution is -2.25. The van der Waals surface area contributed by atoms with Crippen LogP contribution in [0.25, 0.3) is 0 Å². The Morgan fingerprint density at radius 3 is 2.83 bits per heavy atom. The zero-order valence-corrected chi connectivity index (χ0v) is 10.0. The van der Waals surface area contributed by atoms with Gasteiger partial charge in [-0.25, -0.2) is 0 Å². The van der Waals surface area contributed by atoms with E-state index in [0.29, 0.717) is 6.54 Å². The third kappa shape index (κ3) is 3.40. The van der Waals surface area contributed by atoms with E-state index >= 15 is 0 Å². The molecule has 1 aromatic carbocycles. The molecule has 0 aliphatic rings. The molecule has 1 N–H and O–H groups in total. The zero-order chi connectivity index (χ0) is 12.6. The molecule has 0 aliphatic heterocycles. The van der Waals surface area contributed by atoms with Gasteiger partial charge in [0.15, 0.2) is 0 Å². The van der Waals surface area contributed by atoms with Crippen LogP contribution in [0.15, 0.2) is 42.7 Å². The molecule has 0 aliphatic carbocycles. The van der Waals surface area contributed by atoms with Gasteiger partial charge >= 0.3 is 0 Å². The summed E-state index contributed by atoms with van der Waals surface area (Å²) < 4.78 is 1.76. The first kappa shape index (κ1) is 12.3. The molecule has 5 heteroatoms. The van der Waals surface area contributed by atoms with Crippen LogP contribution in [-0.2, 0) is 6.54 Å². The summed E-state index contributed by atoms with van der Waals surface area (Å²) in [5.74, 6) is -0.109. The molecule has 0 radical (unpaired) electrons. The average molecular weight is 241 g/mol. The summed E-state index contributed by atoms with van der Waals surface area (Å²) in [6, 6.07) is 12.1. The van der Waals surface area contributed by atoms with E-state index in [1.54, 1.807) is 10.9 Å². The standard InChI is InChI=1S/C13H15N5/c14-10-13(12-4-2-1-3-5-12)11-15-6-8-18-9-7-16-17-18/h1-5,7,9,13,15H,6,8,11H2. The van der Waals surface area contributed by atoms with Crippen molar-refractivity contribution in [1.29, 1.82) is 5.26 Å². The van der Waals surface area contributed by atoms with Crippen molar-refractivity contribution in [2.24, 2.45) is 0 Å². The Bertz CT molecular complexity index is 486. The Morgan fingerprint density at radius 2 is 2.17 bits per heavy atom. The van der Waals surface area contributed by atoms with Crippen LogP contribution in [0.4, 0.5) is 0 Å². The highest BCUT2D eigenvalue weighted by molar-refractivity contribution is 5.24. The lowest BCUT2D eigenvalue weighted by molar-refractivity contribution is 0.534. The van der Waals surface area contributed by atoms with Gasteiger partial charge < -0.3 is 5.32 Å². The molecular weight excluding hydrogens is 226 g/mol. The maximum atomic E-state index is 9.15. The molecule has 0 saturated heterocycles. The number of aromatic nitrogens is 3. The molecule has 2 rings (SSSR count). The molecule has 1 unspecified atom stereocenters. The van der Waals surface area contributed by atoms with Crippen LogP contribution >= 0.6 is 0 Å². The number of hydrogen-bond acceptors (Lipinski definition) is 4. The van der Waals surface area contributed by atoms with Crippen LogP contribution in [0.3, 0.4) is 0 Å². The molecule has 92 valence electrons. The van der Waals surface area contributed by atoms with Crippen LogP contribution < -0.4 is 5.32 Å². The van der Waals surface area contributed by atoms with Gasteiger partial charge in [0.05, 0.1) is 24.7 Å². The first-order valence-corrected chi connectivity index (χ1v) is 5.89. The highest BCUT2D eigenvalue weighted by atomic mass is 15.4. The largest absolute Gasteiger partial charge is 0.313 e. The lowest BCUT2D eigenvalue weighted by Gasteiger charge is -2.10. The normalized spacial score (nSPS) is 11.9.